The van der Waals surface area contributed by atoms with E-state index < -0.39 is 0 Å². The Kier molecular flexibility index (Phi) is 2.34. The summed E-state index contributed by atoms with van der Waals surface area (Å²) in [5.74, 6) is 0. The average molecular weight is 237 g/mol. The van der Waals surface area contributed by atoms with Crippen molar-refractivity contribution in [2.75, 3.05) is 5.73 Å². The molecule has 3 aromatic rings. The van der Waals surface area contributed by atoms with Crippen LogP contribution in [0.25, 0.3) is 22.0 Å². The largest absolute Gasteiger partial charge is 0.399 e. The first-order valence-corrected chi connectivity index (χ1v) is 5.57. The smallest absolute Gasteiger partial charge is 0.152 e. The van der Waals surface area contributed by atoms with Crippen molar-refractivity contribution >= 4 is 22.9 Å². The van der Waals surface area contributed by atoms with Gasteiger partial charge in [0.1, 0.15) is 0 Å². The summed E-state index contributed by atoms with van der Waals surface area (Å²) < 4.78 is 0. The Balaban J connectivity index is 2.30. The number of hydrogen-bond acceptors (Lipinski definition) is 3. The molecule has 3 rings (SSSR count). The van der Waals surface area contributed by atoms with Gasteiger partial charge in [-0.25, -0.2) is 0 Å². The minimum atomic E-state index is 0.607. The molecule has 18 heavy (non-hydrogen) atoms. The van der Waals surface area contributed by atoms with Crippen LogP contribution in [0, 0.1) is 0 Å². The molecule has 0 radical (unpaired) electrons. The fourth-order valence-corrected chi connectivity index (χ4v) is 2.11. The molecule has 1 aromatic heterocycles. The Labute approximate surface area is 103 Å². The summed E-state index contributed by atoms with van der Waals surface area (Å²) in [6.45, 7) is 0. The van der Waals surface area contributed by atoms with E-state index in [0.29, 0.717) is 11.3 Å². The van der Waals surface area contributed by atoms with E-state index in [1.807, 2.05) is 30.3 Å². The summed E-state index contributed by atoms with van der Waals surface area (Å²) in [5, 5.41) is 7.78. The maximum absolute atomic E-state index is 11.0. The molecule has 1 heterocycles. The van der Waals surface area contributed by atoms with Gasteiger partial charge in [0.2, 0.25) is 0 Å². The van der Waals surface area contributed by atoms with Crippen LogP contribution in [0.4, 0.5) is 5.69 Å². The van der Waals surface area contributed by atoms with Crippen molar-refractivity contribution in [2.45, 2.75) is 0 Å². The predicted octanol–water partition coefficient (Wildman–Crippen LogP) is 2.62. The first-order valence-electron chi connectivity index (χ1n) is 5.57. The van der Waals surface area contributed by atoms with Crippen LogP contribution < -0.4 is 5.73 Å². The zero-order valence-corrected chi connectivity index (χ0v) is 9.55. The zero-order chi connectivity index (χ0) is 12.5. The number of nitrogen functional groups attached to an aromatic ring is 1. The second-order valence-electron chi connectivity index (χ2n) is 4.10. The predicted molar refractivity (Wildman–Crippen MR) is 71.3 cm³/mol. The number of nitrogens with zero attached hydrogens (tertiary/aromatic N) is 1. The monoisotopic (exact) mass is 237 g/mol. The van der Waals surface area contributed by atoms with Crippen molar-refractivity contribution in [2.24, 2.45) is 0 Å². The van der Waals surface area contributed by atoms with Crippen molar-refractivity contribution in [1.29, 1.82) is 0 Å². The lowest BCUT2D eigenvalue weighted by molar-refractivity contribution is 0.112. The van der Waals surface area contributed by atoms with Gasteiger partial charge in [-0.1, -0.05) is 18.2 Å². The minimum Gasteiger partial charge on any atom is -0.399 e. The highest BCUT2D eigenvalue weighted by molar-refractivity contribution is 6.03. The highest BCUT2D eigenvalue weighted by atomic mass is 16.1. The standard InChI is InChI=1S/C14H11N3O/c15-11-3-1-2-9(6-11)12-5-4-10(8-18)14-13(12)7-16-17-14/h1-8H,15H2,(H,16,17). The number of aldehydes is 1. The lowest BCUT2D eigenvalue weighted by Gasteiger charge is -2.05. The van der Waals surface area contributed by atoms with E-state index in [9.17, 15) is 4.79 Å². The van der Waals surface area contributed by atoms with Gasteiger partial charge in [-0.2, -0.15) is 5.10 Å². The third-order valence-corrected chi connectivity index (χ3v) is 2.97. The van der Waals surface area contributed by atoms with Gasteiger partial charge in [0, 0.05) is 16.6 Å². The van der Waals surface area contributed by atoms with E-state index in [1.165, 1.54) is 0 Å². The van der Waals surface area contributed by atoms with Gasteiger partial charge in [-0.15, -0.1) is 0 Å². The number of hydrogen-bond donors (Lipinski definition) is 2. The van der Waals surface area contributed by atoms with E-state index in [2.05, 4.69) is 10.2 Å². The number of nitrogens with two attached hydrogens (primary N) is 1. The number of H-pyrrole nitrogens is 1. The summed E-state index contributed by atoms with van der Waals surface area (Å²) in [4.78, 5) is 11.0. The van der Waals surface area contributed by atoms with Gasteiger partial charge in [0.15, 0.2) is 6.29 Å². The zero-order valence-electron chi connectivity index (χ0n) is 9.55. The molecule has 2 aromatic carbocycles. The third kappa shape index (κ3) is 1.55. The van der Waals surface area contributed by atoms with Crippen LogP contribution in [0.1, 0.15) is 10.4 Å². The van der Waals surface area contributed by atoms with Gasteiger partial charge in [0.05, 0.1) is 11.7 Å². The molecule has 0 spiro atoms. The van der Waals surface area contributed by atoms with Crippen molar-refractivity contribution in [3.8, 4) is 11.1 Å². The number of anilines is 1. The number of benzene rings is 2. The minimum absolute atomic E-state index is 0.607. The van der Waals surface area contributed by atoms with E-state index in [-0.39, 0.29) is 0 Å². The number of fused-ring (bicyclic) bond motifs is 1. The van der Waals surface area contributed by atoms with Crippen molar-refractivity contribution in [1.82, 2.24) is 10.2 Å². The van der Waals surface area contributed by atoms with Crippen LogP contribution in [0.2, 0.25) is 0 Å². The van der Waals surface area contributed by atoms with Gasteiger partial charge < -0.3 is 5.73 Å². The molecule has 0 fully saturated rings. The molecule has 0 aliphatic carbocycles. The Bertz CT molecular complexity index is 731. The topological polar surface area (TPSA) is 71.8 Å². The molecule has 0 amide bonds. The van der Waals surface area contributed by atoms with Crippen LogP contribution in [-0.4, -0.2) is 16.5 Å². The van der Waals surface area contributed by atoms with Crippen LogP contribution in [0.3, 0.4) is 0 Å². The van der Waals surface area contributed by atoms with Gasteiger partial charge >= 0.3 is 0 Å². The number of carbonyl (C=O) groups excluding carboxylic acids is 1. The quantitative estimate of drug-likeness (QED) is 0.531. The molecule has 88 valence electrons. The number of rotatable bonds is 2. The first kappa shape index (κ1) is 10.5. The van der Waals surface area contributed by atoms with E-state index in [0.717, 1.165) is 28.3 Å². The number of aromatic amines is 1. The maximum atomic E-state index is 11.0. The second kappa shape index (κ2) is 4.00. The fraction of sp³-hybridized carbons (Fsp3) is 0. The molecule has 4 heteroatoms. The van der Waals surface area contributed by atoms with Crippen LogP contribution in [0.5, 0.6) is 0 Å². The summed E-state index contributed by atoms with van der Waals surface area (Å²) in [5.41, 5.74) is 9.89. The second-order valence-corrected chi connectivity index (χ2v) is 4.10. The van der Waals surface area contributed by atoms with Crippen LogP contribution in [-0.2, 0) is 0 Å². The van der Waals surface area contributed by atoms with Crippen LogP contribution in [0.15, 0.2) is 42.6 Å². The Morgan fingerprint density at radius 1 is 1.22 bits per heavy atom. The van der Waals surface area contributed by atoms with Crippen molar-refractivity contribution in [3.05, 3.63) is 48.2 Å². The summed E-state index contributed by atoms with van der Waals surface area (Å²) >= 11 is 0. The highest BCUT2D eigenvalue weighted by Gasteiger charge is 2.09. The lowest BCUT2D eigenvalue weighted by Crippen LogP contribution is -1.88. The average Bonchev–Trinajstić information content (AvgIpc) is 2.86. The molecule has 0 bridgehead atoms. The number of nitrogens with one attached hydrogen (secondary N) is 1. The number of aromatic nitrogens is 2. The van der Waals surface area contributed by atoms with Gasteiger partial charge in [-0.05, 0) is 29.3 Å². The molecule has 0 atom stereocenters. The molecular weight excluding hydrogens is 226 g/mol. The van der Waals surface area contributed by atoms with E-state index in [4.69, 9.17) is 5.73 Å². The molecule has 0 unspecified atom stereocenters. The summed E-state index contributed by atoms with van der Waals surface area (Å²) in [6, 6.07) is 11.3. The van der Waals surface area contributed by atoms with Gasteiger partial charge in [-0.3, -0.25) is 9.89 Å². The van der Waals surface area contributed by atoms with E-state index in [1.54, 1.807) is 12.3 Å². The third-order valence-electron chi connectivity index (χ3n) is 2.97. The molecule has 4 nitrogen and oxygen atoms in total. The SMILES string of the molecule is Nc1cccc(-c2ccc(C=O)c3[nH]ncc23)c1. The van der Waals surface area contributed by atoms with Gasteiger partial charge in [0.25, 0.3) is 0 Å². The van der Waals surface area contributed by atoms with Crippen molar-refractivity contribution in [3.63, 3.8) is 0 Å². The molecule has 0 aliphatic heterocycles. The molecule has 0 saturated heterocycles. The Morgan fingerprint density at radius 2 is 2.11 bits per heavy atom. The normalized spacial score (nSPS) is 10.7. The summed E-state index contributed by atoms with van der Waals surface area (Å²) in [7, 11) is 0. The lowest BCUT2D eigenvalue weighted by atomic mass is 9.99. The fourth-order valence-electron chi connectivity index (χ4n) is 2.11. The number of carbonyl (C=O) groups is 1. The highest BCUT2D eigenvalue weighted by Crippen LogP contribution is 2.29. The Morgan fingerprint density at radius 3 is 2.89 bits per heavy atom. The summed E-state index contributed by atoms with van der Waals surface area (Å²) in [6.07, 6.45) is 2.55. The maximum Gasteiger partial charge on any atom is 0.152 e. The molecule has 0 saturated carbocycles. The molecular formula is C14H11N3O. The van der Waals surface area contributed by atoms with Crippen molar-refractivity contribution < 1.29 is 4.79 Å². The first-order chi connectivity index (χ1) is 8.79. The molecule has 0 aliphatic rings. The van der Waals surface area contributed by atoms with E-state index >= 15 is 0 Å². The molecule has 3 N–H and O–H groups in total. The Hall–Kier alpha value is -2.62. The van der Waals surface area contributed by atoms with Crippen LogP contribution >= 0.6 is 0 Å².